The molecule has 6 rings (SSSR count). The van der Waals surface area contributed by atoms with Crippen molar-refractivity contribution in [2.45, 2.75) is 37.9 Å². The van der Waals surface area contributed by atoms with Crippen molar-refractivity contribution in [3.63, 3.8) is 0 Å². The number of pyridine rings is 1. The van der Waals surface area contributed by atoms with Gasteiger partial charge in [-0.1, -0.05) is 54.6 Å². The van der Waals surface area contributed by atoms with Gasteiger partial charge in [0.15, 0.2) is 0 Å². The summed E-state index contributed by atoms with van der Waals surface area (Å²) in [6, 6.07) is 25.0. The highest BCUT2D eigenvalue weighted by atomic mass is 16.5. The van der Waals surface area contributed by atoms with Gasteiger partial charge in [-0.05, 0) is 52.9 Å². The van der Waals surface area contributed by atoms with E-state index >= 15 is 0 Å². The van der Waals surface area contributed by atoms with Crippen LogP contribution in [0.4, 0.5) is 0 Å². The lowest BCUT2D eigenvalue weighted by Gasteiger charge is -2.47. The molecule has 37 heavy (non-hydrogen) atoms. The molecule has 2 aliphatic rings. The van der Waals surface area contributed by atoms with E-state index in [2.05, 4.69) is 58.4 Å². The summed E-state index contributed by atoms with van der Waals surface area (Å²) < 4.78 is 5.20. The zero-order valence-electron chi connectivity index (χ0n) is 21.1. The first-order valence-electron chi connectivity index (χ1n) is 13.0. The van der Waals surface area contributed by atoms with Gasteiger partial charge in [0.25, 0.3) is 0 Å². The van der Waals surface area contributed by atoms with Crippen LogP contribution in [0, 0.1) is 5.92 Å². The van der Waals surface area contributed by atoms with Crippen molar-refractivity contribution in [1.29, 1.82) is 0 Å². The summed E-state index contributed by atoms with van der Waals surface area (Å²) in [5, 5.41) is 3.51. The van der Waals surface area contributed by atoms with Gasteiger partial charge in [0.1, 0.15) is 0 Å². The van der Waals surface area contributed by atoms with Gasteiger partial charge in [0, 0.05) is 44.2 Å². The minimum atomic E-state index is -0.521. The largest absolute Gasteiger partial charge is 0.469 e. The highest BCUT2D eigenvalue weighted by Crippen LogP contribution is 2.45. The number of likely N-dealkylation sites (tertiary alicyclic amines) is 2. The van der Waals surface area contributed by atoms with Crippen molar-refractivity contribution in [3.05, 3.63) is 90.1 Å². The number of methoxy groups -OCH3 is 1. The zero-order chi connectivity index (χ0) is 25.4. The van der Waals surface area contributed by atoms with Gasteiger partial charge in [-0.2, -0.15) is 0 Å². The molecule has 188 valence electrons. The monoisotopic (exact) mass is 493 g/mol. The van der Waals surface area contributed by atoms with Crippen LogP contribution in [0.2, 0.25) is 0 Å². The molecule has 2 fully saturated rings. The number of amides is 1. The molecule has 3 aromatic carbocycles. The van der Waals surface area contributed by atoms with Gasteiger partial charge in [-0.25, -0.2) is 0 Å². The zero-order valence-corrected chi connectivity index (χ0v) is 21.1. The molecular weight excluding hydrogens is 462 g/mol. The van der Waals surface area contributed by atoms with Crippen LogP contribution in [0.1, 0.15) is 30.4 Å². The van der Waals surface area contributed by atoms with Crippen LogP contribution in [-0.2, 0) is 27.4 Å². The topological polar surface area (TPSA) is 62.7 Å². The van der Waals surface area contributed by atoms with Crippen LogP contribution in [0.5, 0.6) is 0 Å². The Morgan fingerprint density at radius 3 is 2.59 bits per heavy atom. The summed E-state index contributed by atoms with van der Waals surface area (Å²) in [4.78, 5) is 35.2. The summed E-state index contributed by atoms with van der Waals surface area (Å²) in [6.07, 6.45) is 3.53. The van der Waals surface area contributed by atoms with Gasteiger partial charge in [-0.15, -0.1) is 0 Å². The molecule has 4 aromatic rings. The van der Waals surface area contributed by atoms with Gasteiger partial charge in [-0.3, -0.25) is 19.5 Å². The van der Waals surface area contributed by atoms with Crippen molar-refractivity contribution >= 4 is 33.6 Å². The molecule has 0 N–H and O–H groups in total. The average Bonchev–Trinajstić information content (AvgIpc) is 3.20. The number of piperidine rings is 1. The molecule has 2 aliphatic heterocycles. The second kappa shape index (κ2) is 9.60. The Bertz CT molecular complexity index is 1470. The number of ether oxygens (including phenoxy) is 1. The maximum absolute atomic E-state index is 13.4. The Labute approximate surface area is 216 Å². The average molecular weight is 494 g/mol. The number of aromatic nitrogens is 1. The van der Waals surface area contributed by atoms with E-state index in [1.807, 2.05) is 35.4 Å². The second-order valence-electron chi connectivity index (χ2n) is 10.3. The lowest BCUT2D eigenvalue weighted by Crippen LogP contribution is -2.57. The molecule has 1 amide bonds. The molecule has 3 heterocycles. The summed E-state index contributed by atoms with van der Waals surface area (Å²) >= 11 is 0. The maximum Gasteiger partial charge on any atom is 0.311 e. The summed E-state index contributed by atoms with van der Waals surface area (Å²) in [7, 11) is 1.43. The minimum Gasteiger partial charge on any atom is -0.469 e. The van der Waals surface area contributed by atoms with E-state index in [1.165, 1.54) is 23.4 Å². The van der Waals surface area contributed by atoms with E-state index < -0.39 is 11.5 Å². The third-order valence-electron chi connectivity index (χ3n) is 8.36. The molecule has 2 saturated heterocycles. The Hall–Kier alpha value is -3.77. The van der Waals surface area contributed by atoms with Crippen molar-refractivity contribution in [3.8, 4) is 0 Å². The SMILES string of the molecule is COC(=O)C1CC(=O)N(Cc2ccc3ccccc3c2)C12CCN(Cc1cccc3ncccc13)CC2. The van der Waals surface area contributed by atoms with E-state index in [-0.39, 0.29) is 18.3 Å². The van der Waals surface area contributed by atoms with Gasteiger partial charge < -0.3 is 9.64 Å². The molecule has 0 aliphatic carbocycles. The summed E-state index contributed by atoms with van der Waals surface area (Å²) in [5.74, 6) is -0.672. The first-order valence-corrected chi connectivity index (χ1v) is 13.0. The number of benzene rings is 3. The summed E-state index contributed by atoms with van der Waals surface area (Å²) in [5.41, 5.74) is 2.82. The number of rotatable bonds is 5. The summed E-state index contributed by atoms with van der Waals surface area (Å²) in [6.45, 7) is 2.95. The number of nitrogens with zero attached hydrogens (tertiary/aromatic N) is 3. The van der Waals surface area contributed by atoms with E-state index in [0.29, 0.717) is 6.54 Å². The van der Waals surface area contributed by atoms with Crippen molar-refractivity contribution in [2.24, 2.45) is 5.92 Å². The fourth-order valence-corrected chi connectivity index (χ4v) is 6.38. The lowest BCUT2D eigenvalue weighted by atomic mass is 9.76. The fraction of sp³-hybridized carbons (Fsp3) is 0.323. The number of carbonyl (C=O) groups is 2. The number of hydrogen-bond donors (Lipinski definition) is 0. The van der Waals surface area contributed by atoms with Crippen LogP contribution in [0.15, 0.2) is 79.0 Å². The van der Waals surface area contributed by atoms with Crippen molar-refractivity contribution in [1.82, 2.24) is 14.8 Å². The quantitative estimate of drug-likeness (QED) is 0.369. The van der Waals surface area contributed by atoms with Gasteiger partial charge in [0.2, 0.25) is 5.91 Å². The van der Waals surface area contributed by atoms with E-state index in [0.717, 1.165) is 48.9 Å². The Morgan fingerprint density at radius 2 is 1.78 bits per heavy atom. The Morgan fingerprint density at radius 1 is 0.973 bits per heavy atom. The first kappa shape index (κ1) is 23.6. The molecular formula is C31H31N3O3. The Balaban J connectivity index is 1.26. The molecule has 1 spiro atoms. The standard InChI is InChI=1S/C31H31N3O3/c1-37-30(36)27-19-29(35)34(20-22-11-12-23-6-2-3-7-24(23)18-22)31(27)13-16-33(17-14-31)21-25-8-4-10-28-26(25)9-5-15-32-28/h2-12,15,18,27H,13-14,16-17,19-21H2,1H3. The Kier molecular flexibility index (Phi) is 6.13. The molecule has 6 heteroatoms. The van der Waals surface area contributed by atoms with Crippen LogP contribution in [0.25, 0.3) is 21.7 Å². The minimum absolute atomic E-state index is 0.0390. The second-order valence-corrected chi connectivity index (χ2v) is 10.3. The normalized spacial score (nSPS) is 19.6. The molecule has 6 nitrogen and oxygen atoms in total. The van der Waals surface area contributed by atoms with Crippen LogP contribution in [0.3, 0.4) is 0 Å². The number of hydrogen-bond acceptors (Lipinski definition) is 5. The molecule has 1 atom stereocenters. The molecule has 0 saturated carbocycles. The fourth-order valence-electron chi connectivity index (χ4n) is 6.38. The van der Waals surface area contributed by atoms with Crippen LogP contribution in [-0.4, -0.2) is 52.4 Å². The van der Waals surface area contributed by atoms with Crippen LogP contribution < -0.4 is 0 Å². The van der Waals surface area contributed by atoms with Crippen molar-refractivity contribution in [2.75, 3.05) is 20.2 Å². The number of carbonyl (C=O) groups excluding carboxylic acids is 2. The molecule has 0 bridgehead atoms. The maximum atomic E-state index is 13.4. The van der Waals surface area contributed by atoms with E-state index in [4.69, 9.17) is 4.74 Å². The van der Waals surface area contributed by atoms with Crippen LogP contribution >= 0.6 is 0 Å². The third-order valence-corrected chi connectivity index (χ3v) is 8.36. The number of esters is 1. The van der Waals surface area contributed by atoms with Gasteiger partial charge in [0.05, 0.1) is 24.1 Å². The third kappa shape index (κ3) is 4.25. The molecule has 0 radical (unpaired) electrons. The number of fused-ring (bicyclic) bond motifs is 2. The highest BCUT2D eigenvalue weighted by Gasteiger charge is 2.56. The smallest absolute Gasteiger partial charge is 0.311 e. The highest BCUT2D eigenvalue weighted by molar-refractivity contribution is 5.89. The molecule has 1 aromatic heterocycles. The first-order chi connectivity index (χ1) is 18.1. The van der Waals surface area contributed by atoms with Gasteiger partial charge >= 0.3 is 5.97 Å². The van der Waals surface area contributed by atoms with E-state index in [1.54, 1.807) is 0 Å². The predicted octanol–water partition coefficient (Wildman–Crippen LogP) is 4.94. The predicted molar refractivity (Wildman–Crippen MR) is 144 cm³/mol. The van der Waals surface area contributed by atoms with E-state index in [9.17, 15) is 9.59 Å². The lowest BCUT2D eigenvalue weighted by molar-refractivity contribution is -0.150. The van der Waals surface area contributed by atoms with Crippen molar-refractivity contribution < 1.29 is 14.3 Å². The molecule has 1 unspecified atom stereocenters.